The van der Waals surface area contributed by atoms with Crippen LogP contribution in [0.3, 0.4) is 0 Å². The maximum absolute atomic E-state index is 6.95. The van der Waals surface area contributed by atoms with Crippen LogP contribution in [0.1, 0.15) is 0 Å². The molecule has 0 saturated carbocycles. The van der Waals surface area contributed by atoms with E-state index in [9.17, 15) is 0 Å². The molecule has 0 aliphatic heterocycles. The van der Waals surface area contributed by atoms with Crippen molar-refractivity contribution in [1.29, 1.82) is 0 Å². The average molecular weight is 859 g/mol. The monoisotopic (exact) mass is 858 g/mol. The molecule has 0 radical (unpaired) electrons. The van der Waals surface area contributed by atoms with E-state index in [1.54, 1.807) is 0 Å². The van der Waals surface area contributed by atoms with Crippen LogP contribution in [0.4, 0.5) is 0 Å². The minimum atomic E-state index is 0.881. The average Bonchev–Trinajstić information content (AvgIpc) is 4.00. The Hall–Kier alpha value is -8.30. The summed E-state index contributed by atoms with van der Waals surface area (Å²) in [6, 6.07) is 91.8. The third kappa shape index (κ3) is 7.24. The highest BCUT2D eigenvalue weighted by Crippen LogP contribution is 2.49. The summed E-state index contributed by atoms with van der Waals surface area (Å²) < 4.78 is 8.25. The largest absolute Gasteiger partial charge is 0.455 e. The number of thiophene rings is 1. The van der Waals surface area contributed by atoms with Crippen molar-refractivity contribution >= 4 is 32.4 Å². The van der Waals surface area contributed by atoms with Gasteiger partial charge in [0.15, 0.2) is 0 Å². The SMILES string of the molecule is c1ccc(-c2cc(-c3cccc(-c4cccc5c(-c6ccccc6)c(-c6ccccc6)oc45)c3)cc(-c3cccc(-c4cccc5c(-c6ccccc6)c(-c6ccccc6)sc45)c3)c2)cc1. The Balaban J connectivity index is 0.986. The Morgan fingerprint density at radius 1 is 0.258 bits per heavy atom. The van der Waals surface area contributed by atoms with Gasteiger partial charge in [-0.15, -0.1) is 11.3 Å². The molecular formula is C64H42OS. The van der Waals surface area contributed by atoms with Crippen LogP contribution in [-0.4, -0.2) is 0 Å². The van der Waals surface area contributed by atoms with Crippen molar-refractivity contribution in [2.24, 2.45) is 0 Å². The second-order valence-corrected chi connectivity index (χ2v) is 17.8. The Morgan fingerprint density at radius 2 is 0.652 bits per heavy atom. The molecule has 0 N–H and O–H groups in total. The molecule has 0 atom stereocenters. The molecule has 310 valence electrons. The molecule has 2 heteroatoms. The summed E-state index contributed by atoms with van der Waals surface area (Å²) in [5, 5.41) is 2.38. The van der Waals surface area contributed by atoms with Gasteiger partial charge >= 0.3 is 0 Å². The number of para-hydroxylation sites is 1. The van der Waals surface area contributed by atoms with E-state index in [4.69, 9.17) is 4.42 Å². The summed E-state index contributed by atoms with van der Waals surface area (Å²) in [5.41, 5.74) is 19.5. The molecule has 0 aliphatic carbocycles. The van der Waals surface area contributed by atoms with Crippen molar-refractivity contribution in [3.05, 3.63) is 255 Å². The lowest BCUT2D eigenvalue weighted by atomic mass is 9.90. The maximum Gasteiger partial charge on any atom is 0.143 e. The minimum Gasteiger partial charge on any atom is -0.455 e. The Morgan fingerprint density at radius 3 is 1.23 bits per heavy atom. The minimum absolute atomic E-state index is 0.881. The Labute approximate surface area is 389 Å². The first-order valence-electron chi connectivity index (χ1n) is 22.5. The van der Waals surface area contributed by atoms with E-state index in [1.807, 2.05) is 11.3 Å². The number of hydrogen-bond acceptors (Lipinski definition) is 2. The molecule has 10 aromatic carbocycles. The van der Waals surface area contributed by atoms with Crippen LogP contribution in [0.25, 0.3) is 121 Å². The van der Waals surface area contributed by atoms with Crippen LogP contribution in [0, 0.1) is 0 Å². The number of fused-ring (bicyclic) bond motifs is 2. The van der Waals surface area contributed by atoms with Crippen LogP contribution >= 0.6 is 11.3 Å². The zero-order valence-electron chi connectivity index (χ0n) is 36.1. The third-order valence-electron chi connectivity index (χ3n) is 12.7. The van der Waals surface area contributed by atoms with Gasteiger partial charge in [0.05, 0.1) is 0 Å². The number of hydrogen-bond donors (Lipinski definition) is 0. The molecule has 12 aromatic rings. The van der Waals surface area contributed by atoms with Gasteiger partial charge in [-0.2, -0.15) is 0 Å². The molecule has 0 fully saturated rings. The van der Waals surface area contributed by atoms with E-state index in [-0.39, 0.29) is 0 Å². The molecule has 0 spiro atoms. The predicted octanol–water partition coefficient (Wildman–Crippen LogP) is 18.7. The molecule has 1 nitrogen and oxygen atoms in total. The second-order valence-electron chi connectivity index (χ2n) is 16.8. The topological polar surface area (TPSA) is 13.1 Å². The van der Waals surface area contributed by atoms with Crippen molar-refractivity contribution in [1.82, 2.24) is 0 Å². The van der Waals surface area contributed by atoms with E-state index >= 15 is 0 Å². The van der Waals surface area contributed by atoms with Gasteiger partial charge in [0.1, 0.15) is 11.3 Å². The molecule has 2 aromatic heterocycles. The zero-order valence-corrected chi connectivity index (χ0v) is 36.9. The van der Waals surface area contributed by atoms with Crippen LogP contribution in [0.15, 0.2) is 259 Å². The van der Waals surface area contributed by atoms with Crippen LogP contribution < -0.4 is 0 Å². The van der Waals surface area contributed by atoms with Gasteiger partial charge in [-0.1, -0.05) is 224 Å². The highest BCUT2D eigenvalue weighted by atomic mass is 32.1. The summed E-state index contributed by atoms with van der Waals surface area (Å²) in [5.74, 6) is 0.881. The summed E-state index contributed by atoms with van der Waals surface area (Å²) in [6.45, 7) is 0. The van der Waals surface area contributed by atoms with Crippen molar-refractivity contribution in [3.63, 3.8) is 0 Å². The first kappa shape index (κ1) is 39.3. The van der Waals surface area contributed by atoms with Crippen LogP contribution in [-0.2, 0) is 0 Å². The predicted molar refractivity (Wildman–Crippen MR) is 281 cm³/mol. The van der Waals surface area contributed by atoms with Gasteiger partial charge in [-0.3, -0.25) is 0 Å². The van der Waals surface area contributed by atoms with Gasteiger partial charge in [-0.25, -0.2) is 0 Å². The lowest BCUT2D eigenvalue weighted by Crippen LogP contribution is -1.88. The van der Waals surface area contributed by atoms with Gasteiger partial charge in [-0.05, 0) is 97.1 Å². The van der Waals surface area contributed by atoms with Gasteiger partial charge in [0.2, 0.25) is 0 Å². The second kappa shape index (κ2) is 17.0. The molecule has 0 bridgehead atoms. The third-order valence-corrected chi connectivity index (χ3v) is 14.0. The number of rotatable bonds is 9. The molecule has 2 heterocycles. The van der Waals surface area contributed by atoms with E-state index in [0.717, 1.165) is 55.7 Å². The molecule has 66 heavy (non-hydrogen) atoms. The molecule has 0 amide bonds. The summed E-state index contributed by atoms with van der Waals surface area (Å²) in [7, 11) is 0. The van der Waals surface area contributed by atoms with Crippen LogP contribution in [0.2, 0.25) is 0 Å². The fraction of sp³-hybridized carbons (Fsp3) is 0. The van der Waals surface area contributed by atoms with E-state index in [1.165, 1.54) is 65.0 Å². The zero-order chi connectivity index (χ0) is 43.8. The van der Waals surface area contributed by atoms with Gasteiger partial charge in [0.25, 0.3) is 0 Å². The first-order valence-corrected chi connectivity index (χ1v) is 23.3. The molecule has 0 aliphatic rings. The summed E-state index contributed by atoms with van der Waals surface area (Å²) >= 11 is 1.89. The fourth-order valence-electron chi connectivity index (χ4n) is 9.55. The van der Waals surface area contributed by atoms with Crippen molar-refractivity contribution in [2.75, 3.05) is 0 Å². The van der Waals surface area contributed by atoms with Crippen molar-refractivity contribution < 1.29 is 4.42 Å². The molecule has 0 saturated heterocycles. The first-order chi connectivity index (χ1) is 32.7. The van der Waals surface area contributed by atoms with Crippen molar-refractivity contribution in [3.8, 4) is 99.7 Å². The molecule has 12 rings (SSSR count). The van der Waals surface area contributed by atoms with E-state index in [0.29, 0.717) is 0 Å². The van der Waals surface area contributed by atoms with Crippen molar-refractivity contribution in [2.45, 2.75) is 0 Å². The Bertz CT molecular complexity index is 3440. The lowest BCUT2D eigenvalue weighted by Gasteiger charge is -2.13. The number of benzene rings is 10. The highest BCUT2D eigenvalue weighted by molar-refractivity contribution is 7.23. The number of furan rings is 1. The lowest BCUT2D eigenvalue weighted by molar-refractivity contribution is 0.633. The standard InChI is InChI=1S/C64H42OS/c1-6-20-43(21-7-1)52-40-53(48-30-16-32-50(38-48)55-34-18-36-57-59(44-22-8-2-9-23-44)61(65-62(55)57)46-26-12-4-13-27-46)42-54(41-52)49-31-17-33-51(39-49)56-35-19-37-58-60(45-24-10-3-11-25-45)63(66-64(56)58)47-28-14-5-15-29-47/h1-42H. The van der Waals surface area contributed by atoms with Crippen LogP contribution in [0.5, 0.6) is 0 Å². The van der Waals surface area contributed by atoms with Gasteiger partial charge in [0, 0.05) is 42.6 Å². The summed E-state index contributed by atoms with van der Waals surface area (Å²) in [4.78, 5) is 1.29. The smallest absolute Gasteiger partial charge is 0.143 e. The normalized spacial score (nSPS) is 11.3. The van der Waals surface area contributed by atoms with Gasteiger partial charge < -0.3 is 4.42 Å². The van der Waals surface area contributed by atoms with E-state index < -0.39 is 0 Å². The molecule has 0 unspecified atom stereocenters. The van der Waals surface area contributed by atoms with E-state index in [2.05, 4.69) is 255 Å². The maximum atomic E-state index is 6.95. The molecular weight excluding hydrogens is 817 g/mol. The Kier molecular flexibility index (Phi) is 10.1. The summed E-state index contributed by atoms with van der Waals surface area (Å²) in [6.07, 6.45) is 0. The highest BCUT2D eigenvalue weighted by Gasteiger charge is 2.22. The fourth-order valence-corrected chi connectivity index (χ4v) is 10.9. The quantitative estimate of drug-likeness (QED) is 0.141.